The topological polar surface area (TPSA) is 95.6 Å². The average Bonchev–Trinajstić information content (AvgIpc) is 2.40. The van der Waals surface area contributed by atoms with E-state index in [1.807, 2.05) is 12.1 Å². The van der Waals surface area contributed by atoms with E-state index in [1.54, 1.807) is 12.1 Å². The van der Waals surface area contributed by atoms with Crippen molar-refractivity contribution in [3.05, 3.63) is 53.6 Å². The Balaban J connectivity index is 2.10. The molecule has 0 bridgehead atoms. The number of anilines is 1. The number of amides is 1. The lowest BCUT2D eigenvalue weighted by Gasteiger charge is -2.09. The summed E-state index contributed by atoms with van der Waals surface area (Å²) in [6, 6.07) is 11.4. The maximum absolute atomic E-state index is 11.9. The number of nitrogen functional groups attached to an aromatic ring is 1. The molecule has 5 heteroatoms. The van der Waals surface area contributed by atoms with E-state index in [-0.39, 0.29) is 17.9 Å². The first kappa shape index (κ1) is 12.8. The molecule has 0 saturated heterocycles. The molecule has 0 spiro atoms. The predicted octanol–water partition coefficient (Wildman–Crippen LogP) is 1.61. The highest BCUT2D eigenvalue weighted by Crippen LogP contribution is 2.28. The number of rotatable bonds is 3. The van der Waals surface area contributed by atoms with Crippen LogP contribution in [0.2, 0.25) is 0 Å². The van der Waals surface area contributed by atoms with E-state index in [4.69, 9.17) is 5.73 Å². The number of hydrogen-bond donors (Lipinski definition) is 4. The zero-order valence-electron chi connectivity index (χ0n) is 10.1. The lowest BCUT2D eigenvalue weighted by Crippen LogP contribution is -2.23. The van der Waals surface area contributed by atoms with Crippen LogP contribution >= 0.6 is 0 Å². The van der Waals surface area contributed by atoms with Crippen LogP contribution in [0.3, 0.4) is 0 Å². The summed E-state index contributed by atoms with van der Waals surface area (Å²) in [6.45, 7) is 0.251. The van der Waals surface area contributed by atoms with Gasteiger partial charge in [-0.15, -0.1) is 0 Å². The molecule has 5 nitrogen and oxygen atoms in total. The lowest BCUT2D eigenvalue weighted by molar-refractivity contribution is 0.0947. The number of benzene rings is 2. The summed E-state index contributed by atoms with van der Waals surface area (Å²) >= 11 is 0. The minimum atomic E-state index is -0.475. The van der Waals surface area contributed by atoms with Gasteiger partial charge in [0.15, 0.2) is 11.5 Å². The van der Waals surface area contributed by atoms with Crippen molar-refractivity contribution in [1.29, 1.82) is 0 Å². The Hall–Kier alpha value is -2.69. The van der Waals surface area contributed by atoms with Crippen LogP contribution in [0.4, 0.5) is 5.69 Å². The second-order valence-corrected chi connectivity index (χ2v) is 4.05. The molecule has 0 atom stereocenters. The van der Waals surface area contributed by atoms with Crippen molar-refractivity contribution in [2.24, 2.45) is 0 Å². The molecule has 1 amide bonds. The molecule has 0 radical (unpaired) electrons. The van der Waals surface area contributed by atoms with Gasteiger partial charge < -0.3 is 21.3 Å². The number of para-hydroxylation sites is 2. The Morgan fingerprint density at radius 2 is 1.84 bits per heavy atom. The van der Waals surface area contributed by atoms with E-state index >= 15 is 0 Å². The first-order valence-corrected chi connectivity index (χ1v) is 5.72. The van der Waals surface area contributed by atoms with Crippen LogP contribution in [0.5, 0.6) is 11.5 Å². The number of carbonyl (C=O) groups is 1. The largest absolute Gasteiger partial charge is 0.504 e. The molecule has 0 aliphatic carbocycles. The quantitative estimate of drug-likeness (QED) is 0.497. The molecule has 2 aromatic rings. The average molecular weight is 258 g/mol. The van der Waals surface area contributed by atoms with Crippen molar-refractivity contribution in [2.75, 3.05) is 5.73 Å². The summed E-state index contributed by atoms with van der Waals surface area (Å²) in [7, 11) is 0. The summed E-state index contributed by atoms with van der Waals surface area (Å²) in [4.78, 5) is 11.9. The fourth-order valence-electron chi connectivity index (χ4n) is 1.68. The standard InChI is InChI=1S/C14H14N2O3/c15-11-6-2-1-4-9(11)8-16-14(19)10-5-3-7-12(17)13(10)18/h1-7,17-18H,8,15H2,(H,16,19). The van der Waals surface area contributed by atoms with Gasteiger partial charge in [-0.3, -0.25) is 4.79 Å². The minimum Gasteiger partial charge on any atom is -0.504 e. The zero-order valence-corrected chi connectivity index (χ0v) is 10.1. The number of nitrogens with two attached hydrogens (primary N) is 1. The summed E-state index contributed by atoms with van der Waals surface area (Å²) in [6.07, 6.45) is 0. The van der Waals surface area contributed by atoms with Gasteiger partial charge in [-0.2, -0.15) is 0 Å². The number of aromatic hydroxyl groups is 2. The maximum Gasteiger partial charge on any atom is 0.255 e. The third-order valence-corrected chi connectivity index (χ3v) is 2.75. The Bertz CT molecular complexity index is 611. The van der Waals surface area contributed by atoms with Gasteiger partial charge in [-0.05, 0) is 23.8 Å². The summed E-state index contributed by atoms with van der Waals surface area (Å²) in [5.41, 5.74) is 7.16. The summed E-state index contributed by atoms with van der Waals surface area (Å²) < 4.78 is 0. The molecular weight excluding hydrogens is 244 g/mol. The van der Waals surface area contributed by atoms with E-state index in [2.05, 4.69) is 5.32 Å². The van der Waals surface area contributed by atoms with Crippen LogP contribution in [0, 0.1) is 0 Å². The Labute approximate surface area is 110 Å². The molecule has 0 heterocycles. The van der Waals surface area contributed by atoms with Gasteiger partial charge in [0.1, 0.15) is 0 Å². The van der Waals surface area contributed by atoms with Crippen molar-refractivity contribution in [2.45, 2.75) is 6.54 Å². The van der Waals surface area contributed by atoms with Gasteiger partial charge in [-0.25, -0.2) is 0 Å². The van der Waals surface area contributed by atoms with Crippen molar-refractivity contribution in [3.8, 4) is 11.5 Å². The number of hydrogen-bond acceptors (Lipinski definition) is 4. The zero-order chi connectivity index (χ0) is 13.8. The second-order valence-electron chi connectivity index (χ2n) is 4.05. The SMILES string of the molecule is Nc1ccccc1CNC(=O)c1cccc(O)c1O. The fourth-order valence-corrected chi connectivity index (χ4v) is 1.68. The molecular formula is C14H14N2O3. The van der Waals surface area contributed by atoms with Crippen LogP contribution in [0.1, 0.15) is 15.9 Å². The molecule has 0 fully saturated rings. The van der Waals surface area contributed by atoms with Gasteiger partial charge >= 0.3 is 0 Å². The normalized spacial score (nSPS) is 10.1. The van der Waals surface area contributed by atoms with Crippen molar-refractivity contribution in [3.63, 3.8) is 0 Å². The van der Waals surface area contributed by atoms with E-state index < -0.39 is 11.7 Å². The lowest BCUT2D eigenvalue weighted by atomic mass is 10.1. The number of phenolic OH excluding ortho intramolecular Hbond substituents is 2. The highest BCUT2D eigenvalue weighted by atomic mass is 16.3. The van der Waals surface area contributed by atoms with E-state index in [0.717, 1.165) is 5.56 Å². The number of phenols is 2. The molecule has 98 valence electrons. The van der Waals surface area contributed by atoms with Gasteiger partial charge in [0.05, 0.1) is 5.56 Å². The highest BCUT2D eigenvalue weighted by Gasteiger charge is 2.13. The second kappa shape index (κ2) is 5.30. The van der Waals surface area contributed by atoms with Gasteiger partial charge in [0.2, 0.25) is 0 Å². The van der Waals surface area contributed by atoms with Gasteiger partial charge in [-0.1, -0.05) is 24.3 Å². The summed E-state index contributed by atoms with van der Waals surface area (Å²) in [5.74, 6) is -1.23. The fraction of sp³-hybridized carbons (Fsp3) is 0.0714. The van der Waals surface area contributed by atoms with Crippen LogP contribution < -0.4 is 11.1 Å². The van der Waals surface area contributed by atoms with Crippen molar-refractivity contribution < 1.29 is 15.0 Å². The molecule has 0 unspecified atom stereocenters. The number of carbonyl (C=O) groups excluding carboxylic acids is 1. The Kier molecular flexibility index (Phi) is 3.56. The maximum atomic E-state index is 11.9. The molecule has 0 aliphatic heterocycles. The third kappa shape index (κ3) is 2.77. The van der Waals surface area contributed by atoms with Crippen LogP contribution in [-0.4, -0.2) is 16.1 Å². The van der Waals surface area contributed by atoms with Crippen LogP contribution in [-0.2, 0) is 6.54 Å². The molecule has 5 N–H and O–H groups in total. The minimum absolute atomic E-state index is 0.0227. The molecule has 2 aromatic carbocycles. The smallest absolute Gasteiger partial charge is 0.255 e. The highest BCUT2D eigenvalue weighted by molar-refractivity contribution is 5.97. The molecule has 19 heavy (non-hydrogen) atoms. The summed E-state index contributed by atoms with van der Waals surface area (Å²) in [5, 5.41) is 21.5. The Morgan fingerprint density at radius 3 is 2.58 bits per heavy atom. The van der Waals surface area contributed by atoms with Gasteiger partial charge in [0, 0.05) is 12.2 Å². The third-order valence-electron chi connectivity index (χ3n) is 2.75. The van der Waals surface area contributed by atoms with E-state index in [0.29, 0.717) is 5.69 Å². The first-order valence-electron chi connectivity index (χ1n) is 5.72. The predicted molar refractivity (Wildman–Crippen MR) is 71.8 cm³/mol. The molecule has 0 aromatic heterocycles. The molecule has 2 rings (SSSR count). The monoisotopic (exact) mass is 258 g/mol. The van der Waals surface area contributed by atoms with Crippen LogP contribution in [0.25, 0.3) is 0 Å². The van der Waals surface area contributed by atoms with Crippen molar-refractivity contribution >= 4 is 11.6 Å². The van der Waals surface area contributed by atoms with E-state index in [9.17, 15) is 15.0 Å². The molecule has 0 saturated carbocycles. The Morgan fingerprint density at radius 1 is 1.11 bits per heavy atom. The van der Waals surface area contributed by atoms with E-state index in [1.165, 1.54) is 18.2 Å². The number of nitrogens with one attached hydrogen (secondary N) is 1. The van der Waals surface area contributed by atoms with Crippen molar-refractivity contribution in [1.82, 2.24) is 5.32 Å². The van der Waals surface area contributed by atoms with Crippen LogP contribution in [0.15, 0.2) is 42.5 Å². The molecule has 0 aliphatic rings. The first-order chi connectivity index (χ1) is 9.09. The van der Waals surface area contributed by atoms with Gasteiger partial charge in [0.25, 0.3) is 5.91 Å².